The van der Waals surface area contributed by atoms with E-state index in [9.17, 15) is 4.39 Å². The van der Waals surface area contributed by atoms with Crippen molar-refractivity contribution in [3.8, 4) is 5.75 Å². The summed E-state index contributed by atoms with van der Waals surface area (Å²) in [6, 6.07) is 5.22. The Balaban J connectivity index is 2.61. The highest BCUT2D eigenvalue weighted by atomic mass is 19.1. The van der Waals surface area contributed by atoms with Crippen LogP contribution in [0.25, 0.3) is 0 Å². The lowest BCUT2D eigenvalue weighted by atomic mass is 10.1. The molecule has 0 saturated heterocycles. The number of hydrogen-bond donors (Lipinski definition) is 1. The lowest BCUT2D eigenvalue weighted by molar-refractivity contribution is 0.167. The second kappa shape index (κ2) is 7.37. The smallest absolute Gasteiger partial charge is 0.126 e. The fourth-order valence-corrected chi connectivity index (χ4v) is 1.96. The fourth-order valence-electron chi connectivity index (χ4n) is 1.96. The largest absolute Gasteiger partial charge is 0.489 e. The Bertz CT molecular complexity index is 368. The van der Waals surface area contributed by atoms with Gasteiger partial charge in [0.15, 0.2) is 0 Å². The van der Waals surface area contributed by atoms with Gasteiger partial charge in [0.1, 0.15) is 17.7 Å². The second-order valence-electron chi connectivity index (χ2n) is 4.70. The van der Waals surface area contributed by atoms with Crippen molar-refractivity contribution in [2.75, 3.05) is 6.54 Å². The summed E-state index contributed by atoms with van der Waals surface area (Å²) in [5.74, 6) is 0.546. The molecule has 1 rings (SSSR count). The van der Waals surface area contributed by atoms with Gasteiger partial charge in [-0.3, -0.25) is 0 Å². The average Bonchev–Trinajstić information content (AvgIpc) is 2.35. The van der Waals surface area contributed by atoms with Crippen LogP contribution >= 0.6 is 0 Å². The van der Waals surface area contributed by atoms with Crippen LogP contribution in [0.15, 0.2) is 18.2 Å². The summed E-state index contributed by atoms with van der Waals surface area (Å²) in [7, 11) is 0. The SMILES string of the molecule is CCCNC(CC)C(C)Oc1ccc(F)c(C)c1. The van der Waals surface area contributed by atoms with Crippen LogP contribution < -0.4 is 10.1 Å². The average molecular weight is 253 g/mol. The van der Waals surface area contributed by atoms with E-state index in [0.29, 0.717) is 11.6 Å². The number of aryl methyl sites for hydroxylation is 1. The molecule has 0 bridgehead atoms. The first kappa shape index (κ1) is 15.0. The van der Waals surface area contributed by atoms with Crippen molar-refractivity contribution in [1.29, 1.82) is 0 Å². The molecule has 0 heterocycles. The van der Waals surface area contributed by atoms with Gasteiger partial charge in [-0.2, -0.15) is 0 Å². The molecule has 0 saturated carbocycles. The minimum Gasteiger partial charge on any atom is -0.489 e. The van der Waals surface area contributed by atoms with Gasteiger partial charge in [0.05, 0.1) is 0 Å². The molecule has 0 aliphatic rings. The summed E-state index contributed by atoms with van der Waals surface area (Å²) in [5, 5.41) is 3.47. The predicted octanol–water partition coefficient (Wildman–Crippen LogP) is 3.68. The first-order chi connectivity index (χ1) is 8.58. The van der Waals surface area contributed by atoms with Gasteiger partial charge in [0.2, 0.25) is 0 Å². The summed E-state index contributed by atoms with van der Waals surface area (Å²) in [6.45, 7) is 9.08. The van der Waals surface area contributed by atoms with Gasteiger partial charge in [-0.05, 0) is 57.0 Å². The molecule has 1 aromatic carbocycles. The predicted molar refractivity (Wildman–Crippen MR) is 73.6 cm³/mol. The highest BCUT2D eigenvalue weighted by Crippen LogP contribution is 2.18. The monoisotopic (exact) mass is 253 g/mol. The van der Waals surface area contributed by atoms with E-state index in [2.05, 4.69) is 26.1 Å². The van der Waals surface area contributed by atoms with Gasteiger partial charge in [-0.25, -0.2) is 4.39 Å². The van der Waals surface area contributed by atoms with Crippen molar-refractivity contribution in [2.45, 2.75) is 52.7 Å². The minimum atomic E-state index is -0.189. The number of rotatable bonds is 7. The zero-order valence-corrected chi connectivity index (χ0v) is 11.8. The van der Waals surface area contributed by atoms with Crippen LogP contribution in [0.5, 0.6) is 5.75 Å². The third kappa shape index (κ3) is 4.30. The fraction of sp³-hybridized carbons (Fsp3) is 0.600. The number of benzene rings is 1. The first-order valence-electron chi connectivity index (χ1n) is 6.74. The molecule has 0 radical (unpaired) electrons. The van der Waals surface area contributed by atoms with Crippen molar-refractivity contribution in [3.63, 3.8) is 0 Å². The van der Waals surface area contributed by atoms with Crippen molar-refractivity contribution >= 4 is 0 Å². The van der Waals surface area contributed by atoms with Crippen molar-refractivity contribution in [3.05, 3.63) is 29.6 Å². The maximum absolute atomic E-state index is 13.2. The normalized spacial score (nSPS) is 14.3. The molecule has 1 N–H and O–H groups in total. The van der Waals surface area contributed by atoms with Crippen molar-refractivity contribution < 1.29 is 9.13 Å². The number of halogens is 1. The summed E-state index contributed by atoms with van der Waals surface area (Å²) in [4.78, 5) is 0. The van der Waals surface area contributed by atoms with E-state index < -0.39 is 0 Å². The molecule has 18 heavy (non-hydrogen) atoms. The Kier molecular flexibility index (Phi) is 6.13. The molecular formula is C15H24FNO. The second-order valence-corrected chi connectivity index (χ2v) is 4.70. The molecule has 1 aromatic rings. The molecular weight excluding hydrogens is 229 g/mol. The van der Waals surface area contributed by atoms with E-state index >= 15 is 0 Å². The summed E-state index contributed by atoms with van der Waals surface area (Å²) < 4.78 is 19.0. The number of nitrogens with one attached hydrogen (secondary N) is 1. The highest BCUT2D eigenvalue weighted by molar-refractivity contribution is 5.29. The van der Waals surface area contributed by atoms with E-state index in [4.69, 9.17) is 4.74 Å². The number of hydrogen-bond acceptors (Lipinski definition) is 2. The van der Waals surface area contributed by atoms with E-state index in [1.807, 2.05) is 0 Å². The third-order valence-electron chi connectivity index (χ3n) is 3.11. The quantitative estimate of drug-likeness (QED) is 0.800. The first-order valence-corrected chi connectivity index (χ1v) is 6.74. The molecule has 3 heteroatoms. The van der Waals surface area contributed by atoms with Gasteiger partial charge in [0.25, 0.3) is 0 Å². The zero-order valence-electron chi connectivity index (χ0n) is 11.8. The van der Waals surface area contributed by atoms with E-state index in [1.54, 1.807) is 19.1 Å². The summed E-state index contributed by atoms with van der Waals surface area (Å²) in [6.07, 6.45) is 2.20. The van der Waals surface area contributed by atoms with Crippen LogP contribution in [-0.4, -0.2) is 18.7 Å². The van der Waals surface area contributed by atoms with Crippen LogP contribution in [-0.2, 0) is 0 Å². The Labute approximate surface area is 110 Å². The topological polar surface area (TPSA) is 21.3 Å². The Hall–Kier alpha value is -1.09. The molecule has 102 valence electrons. The Morgan fingerprint density at radius 3 is 2.61 bits per heavy atom. The number of ether oxygens (including phenoxy) is 1. The Morgan fingerprint density at radius 2 is 2.06 bits per heavy atom. The highest BCUT2D eigenvalue weighted by Gasteiger charge is 2.16. The minimum absolute atomic E-state index is 0.0754. The van der Waals surface area contributed by atoms with Gasteiger partial charge >= 0.3 is 0 Å². The molecule has 0 fully saturated rings. The lowest BCUT2D eigenvalue weighted by Gasteiger charge is -2.25. The van der Waals surface area contributed by atoms with E-state index in [0.717, 1.165) is 25.1 Å². The van der Waals surface area contributed by atoms with Crippen molar-refractivity contribution in [2.24, 2.45) is 0 Å². The lowest BCUT2D eigenvalue weighted by Crippen LogP contribution is -2.41. The standard InChI is InChI=1S/C15H24FNO/c1-5-9-17-15(6-2)12(4)18-13-7-8-14(16)11(3)10-13/h7-8,10,12,15,17H,5-6,9H2,1-4H3. The van der Waals surface area contributed by atoms with Crippen LogP contribution in [0.2, 0.25) is 0 Å². The maximum Gasteiger partial charge on any atom is 0.126 e. The molecule has 0 spiro atoms. The zero-order chi connectivity index (χ0) is 13.5. The third-order valence-corrected chi connectivity index (χ3v) is 3.11. The molecule has 0 aromatic heterocycles. The maximum atomic E-state index is 13.2. The van der Waals surface area contributed by atoms with Gasteiger partial charge < -0.3 is 10.1 Å². The molecule has 0 amide bonds. The summed E-state index contributed by atoms with van der Waals surface area (Å²) >= 11 is 0. The van der Waals surface area contributed by atoms with Crippen LogP contribution in [0.3, 0.4) is 0 Å². The molecule has 2 nitrogen and oxygen atoms in total. The van der Waals surface area contributed by atoms with E-state index in [1.165, 1.54) is 6.07 Å². The summed E-state index contributed by atoms with van der Waals surface area (Å²) in [5.41, 5.74) is 0.620. The van der Waals surface area contributed by atoms with Gasteiger partial charge in [0, 0.05) is 6.04 Å². The van der Waals surface area contributed by atoms with Crippen LogP contribution in [0, 0.1) is 12.7 Å². The Morgan fingerprint density at radius 1 is 1.33 bits per heavy atom. The van der Waals surface area contributed by atoms with Gasteiger partial charge in [-0.15, -0.1) is 0 Å². The van der Waals surface area contributed by atoms with Crippen LogP contribution in [0.4, 0.5) is 4.39 Å². The molecule has 2 unspecified atom stereocenters. The van der Waals surface area contributed by atoms with E-state index in [-0.39, 0.29) is 11.9 Å². The molecule has 0 aliphatic heterocycles. The van der Waals surface area contributed by atoms with Crippen molar-refractivity contribution in [1.82, 2.24) is 5.32 Å². The molecule has 0 aliphatic carbocycles. The molecule has 2 atom stereocenters. The van der Waals surface area contributed by atoms with Crippen LogP contribution in [0.1, 0.15) is 39.2 Å². The van der Waals surface area contributed by atoms with Gasteiger partial charge in [-0.1, -0.05) is 13.8 Å².